The maximum atomic E-state index is 14.6. The predicted octanol–water partition coefficient (Wildman–Crippen LogP) is 7.75. The molecule has 25 heteroatoms. The van der Waals surface area contributed by atoms with E-state index in [9.17, 15) is 79.2 Å². The van der Waals surface area contributed by atoms with Gasteiger partial charge < -0.3 is 0 Å². The Labute approximate surface area is 349 Å². The van der Waals surface area contributed by atoms with E-state index < -0.39 is 84.9 Å². The topological polar surface area (TPSA) is 407 Å². The van der Waals surface area contributed by atoms with Crippen molar-refractivity contribution in [1.29, 1.82) is 0 Å². The van der Waals surface area contributed by atoms with Crippen LogP contribution < -0.4 is 4.46 Å². The van der Waals surface area contributed by atoms with Crippen LogP contribution in [0.1, 0.15) is 0 Å². The minimum absolute atomic E-state index is 0.00728. The second kappa shape index (κ2) is 10.1. The van der Waals surface area contributed by atoms with Crippen LogP contribution in [0.3, 0.4) is 0 Å². The van der Waals surface area contributed by atoms with Crippen LogP contribution in [-0.2, 0) is 7.57 Å². The summed E-state index contributed by atoms with van der Waals surface area (Å²) >= 11 is 0. The number of hydrogen-bond donors (Lipinski definition) is 10. The Morgan fingerprint density at radius 2 is 0.615 bits per heavy atom. The number of nitrogens with one attached hydrogen (secondary N) is 2. The van der Waals surface area contributed by atoms with Crippen LogP contribution in [0.15, 0.2) is 91.0 Å². The number of H-pyrrole nitrogens is 2. The van der Waals surface area contributed by atoms with Crippen LogP contribution >= 0.6 is 0 Å². The summed E-state index contributed by atoms with van der Waals surface area (Å²) in [5.74, 6) is -1.06. The van der Waals surface area contributed by atoms with E-state index in [2.05, 4.69) is 29.9 Å². The Balaban J connectivity index is 1.74. The number of aromatic amines is 2. The van der Waals surface area contributed by atoms with Crippen LogP contribution in [0.4, 0.5) is 38.4 Å². The summed E-state index contributed by atoms with van der Waals surface area (Å²) in [5.41, 5.74) is -1.09. The van der Waals surface area contributed by atoms with Crippen molar-refractivity contribution in [3.63, 3.8) is 0 Å². The Bertz CT molecular complexity index is 3660. The van der Waals surface area contributed by atoms with Gasteiger partial charge in [-0.2, -0.15) is 0 Å². The first-order valence-corrected chi connectivity index (χ1v) is 21.9. The maximum absolute atomic E-state index is 14.7. The third kappa shape index (κ3) is 2.49. The number of rotatable bonds is 9. The molecule has 0 radical (unpaired) electrons. The Hall–Kier alpha value is -9.48. The van der Waals surface area contributed by atoms with Crippen molar-refractivity contribution in [1.82, 2.24) is 39.9 Å². The van der Waals surface area contributed by atoms with Gasteiger partial charge in [0.1, 0.15) is 0 Å². The van der Waals surface area contributed by atoms with Crippen LogP contribution in [0.5, 0.6) is 0 Å². The molecule has 8 bridgehead atoms. The van der Waals surface area contributed by atoms with Crippen molar-refractivity contribution in [3.05, 3.63) is 91.0 Å². The molecule has 332 valence electrons. The number of benzene rings is 4. The minimum atomic E-state index is -14.7. The third-order valence-electron chi connectivity index (χ3n) is 12.3. The molecule has 10 N–H and O–H groups in total. The zero-order valence-electron chi connectivity index (χ0n) is 32.0. The summed E-state index contributed by atoms with van der Waals surface area (Å²) in [6.45, 7) is 0. The first kappa shape index (κ1) is 40.9. The molecular weight excluding hydrogens is 912 g/mol. The first-order valence-electron chi connectivity index (χ1n) is 17.7. The first-order chi connectivity index (χ1) is 30.6. The summed E-state index contributed by atoms with van der Waals surface area (Å²) in [6, 6.07) is 19.4. The van der Waals surface area contributed by atoms with E-state index in [1.165, 1.54) is 36.4 Å². The Kier molecular flexibility index (Phi) is 6.34. The van der Waals surface area contributed by atoms with Gasteiger partial charge in [0.05, 0.1) is 0 Å². The molecule has 0 saturated carbocycles. The molecule has 3 aromatic heterocycles. The predicted molar refractivity (Wildman–Crippen MR) is 220 cm³/mol. The average molecular weight is 937 g/mol. The van der Waals surface area contributed by atoms with Crippen molar-refractivity contribution < 1.29 is 86.8 Å². The molecular formula is C40H25CuN8O16. The normalized spacial score (nSPS) is 15.2. The third-order valence-corrected chi connectivity index (χ3v) is 27.6. The molecule has 4 aromatic carbocycles. The summed E-state index contributed by atoms with van der Waals surface area (Å²) < 4.78 is -3.34. The molecule has 0 unspecified atom stereocenters. The molecule has 5 heterocycles. The monoisotopic (exact) mass is 936 g/mol. The quantitative estimate of drug-likeness (QED) is 0.0618. The van der Waals surface area contributed by atoms with E-state index in [4.69, 9.17) is 9.97 Å². The second-order valence-corrected chi connectivity index (χ2v) is 26.5. The summed E-state index contributed by atoms with van der Waals surface area (Å²) in [5, 5.41) is 89.6. The van der Waals surface area contributed by atoms with Gasteiger partial charge in [-0.15, -0.1) is 0 Å². The SMILES string of the molecule is O=[C](O)[Cu]([C](=O)O)([C](=O)O)([C](=O)O)([C](=O)O)([C](=O)O)([C](=O)O)([C](=O)O)[c]1cccc2c3nc4nc(nc5[nH]c(nc6nc(nc([nH]3)c12)-c1ccccc1-6)c1ccccc51)-c1ccccc1-4. The van der Waals surface area contributed by atoms with E-state index in [-0.39, 0.29) is 51.5 Å². The molecule has 65 heavy (non-hydrogen) atoms. The summed E-state index contributed by atoms with van der Waals surface area (Å²) in [6.07, 6.45) is 0. The van der Waals surface area contributed by atoms with Gasteiger partial charge in [0, 0.05) is 0 Å². The summed E-state index contributed by atoms with van der Waals surface area (Å²) in [4.78, 5) is 110. The molecule has 24 nitrogen and oxygen atoms in total. The van der Waals surface area contributed by atoms with Gasteiger partial charge in [-0.1, -0.05) is 6.07 Å². The van der Waals surface area contributed by atoms with Crippen LogP contribution in [0.25, 0.3) is 89.7 Å². The molecule has 0 atom stereocenters. The molecule has 0 amide bonds. The fourth-order valence-corrected chi connectivity index (χ4v) is 16.7. The van der Waals surface area contributed by atoms with Gasteiger partial charge in [0.15, 0.2) is 0 Å². The van der Waals surface area contributed by atoms with Crippen LogP contribution in [0, 0.1) is 0 Å². The van der Waals surface area contributed by atoms with Crippen molar-refractivity contribution in [3.8, 4) is 45.6 Å². The van der Waals surface area contributed by atoms with E-state index in [0.29, 0.717) is 16.3 Å². The number of hydrogen-bond acceptors (Lipinski definition) is 14. The Morgan fingerprint density at radius 3 is 0.954 bits per heavy atom. The molecule has 7 aromatic rings. The zero-order chi connectivity index (χ0) is 47.0. The van der Waals surface area contributed by atoms with Gasteiger partial charge in [0.25, 0.3) is 0 Å². The number of carboxylic acid groups (broad SMARTS) is 8. The standard InChI is InChI=1S/C32H17N8.8CHO2.Cu/c1-2-10-18-17(9-1)25-33-26(18)38-28-21-13-5-6-14-22(21)30(35-28)40-32-24-16-8-7-15-23(24)31(36-32)39-29-20-12-4-3-11-19(20)27(34-29)37-25;8*2-1-3;/h1-15H,(H2,33,34,35,36,37,38,39,40);8*(H,2,3);. The molecule has 0 aliphatic carbocycles. The van der Waals surface area contributed by atoms with Crippen molar-refractivity contribution >= 4 is 87.5 Å². The van der Waals surface area contributed by atoms with E-state index in [1.54, 1.807) is 36.4 Å². The van der Waals surface area contributed by atoms with Crippen LogP contribution in [-0.4, -0.2) is 120 Å². The molecule has 9 rings (SSSR count). The van der Waals surface area contributed by atoms with Crippen molar-refractivity contribution in [2.24, 2.45) is 0 Å². The van der Waals surface area contributed by atoms with E-state index in [0.717, 1.165) is 6.07 Å². The average Bonchev–Trinajstić information content (AvgIpc) is 4.00. The van der Waals surface area contributed by atoms with Gasteiger partial charge >= 0.3 is 345 Å². The molecule has 0 spiro atoms. The van der Waals surface area contributed by atoms with Crippen molar-refractivity contribution in [2.45, 2.75) is 0 Å². The van der Waals surface area contributed by atoms with Crippen molar-refractivity contribution in [2.75, 3.05) is 0 Å². The van der Waals surface area contributed by atoms with Crippen LogP contribution in [0.2, 0.25) is 0 Å². The fraction of sp³-hybridized carbons (Fsp3) is 0. The second-order valence-electron chi connectivity index (χ2n) is 14.3. The summed E-state index contributed by atoms with van der Waals surface area (Å²) in [7, 11) is -14.7. The molecule has 0 saturated heterocycles. The molecule has 2 aliphatic rings. The van der Waals surface area contributed by atoms with Gasteiger partial charge in [0.2, 0.25) is 0 Å². The zero-order valence-corrected chi connectivity index (χ0v) is 32.9. The number of nitrogens with zero attached hydrogens (tertiary/aromatic N) is 6. The van der Waals surface area contributed by atoms with Gasteiger partial charge in [-0.25, -0.2) is 0 Å². The number of aromatic nitrogens is 8. The molecule has 2 aliphatic heterocycles. The fourth-order valence-electron chi connectivity index (χ4n) is 8.22. The van der Waals surface area contributed by atoms with E-state index >= 15 is 0 Å². The number of carbonyl (C=O) groups is 8. The van der Waals surface area contributed by atoms with Gasteiger partial charge in [-0.3, -0.25) is 0 Å². The van der Waals surface area contributed by atoms with E-state index in [1.807, 2.05) is 0 Å². The Morgan fingerprint density at radius 1 is 0.338 bits per heavy atom. The molecule has 0 fully saturated rings. The number of fused-ring (bicyclic) bond motifs is 20. The van der Waals surface area contributed by atoms with Gasteiger partial charge in [-0.05, 0) is 0 Å².